The Morgan fingerprint density at radius 3 is 3.00 bits per heavy atom. The number of pyridine rings is 1. The highest BCUT2D eigenvalue weighted by Gasteiger charge is 2.29. The summed E-state index contributed by atoms with van der Waals surface area (Å²) in [4.78, 5) is 27.9. The molecule has 1 amide bonds. The number of rotatable bonds is 3. The zero-order valence-electron chi connectivity index (χ0n) is 10.4. The number of nitrogens with zero attached hydrogens (tertiary/aromatic N) is 3. The Kier molecular flexibility index (Phi) is 3.89. The van der Waals surface area contributed by atoms with Crippen LogP contribution in [0.3, 0.4) is 0 Å². The fourth-order valence-electron chi connectivity index (χ4n) is 1.96. The Hall–Kier alpha value is -1.83. The lowest BCUT2D eigenvalue weighted by Crippen LogP contribution is -2.37. The van der Waals surface area contributed by atoms with Crippen LogP contribution in [-0.2, 0) is 0 Å². The summed E-state index contributed by atoms with van der Waals surface area (Å²) >= 11 is 1.77. The van der Waals surface area contributed by atoms with E-state index in [0.717, 1.165) is 24.1 Å². The summed E-state index contributed by atoms with van der Waals surface area (Å²) in [5.41, 5.74) is 5.20. The van der Waals surface area contributed by atoms with Crippen molar-refractivity contribution in [2.24, 2.45) is 0 Å². The molecule has 19 heavy (non-hydrogen) atoms. The van der Waals surface area contributed by atoms with E-state index in [2.05, 4.69) is 4.98 Å². The van der Waals surface area contributed by atoms with Gasteiger partial charge in [-0.1, -0.05) is 0 Å². The quantitative estimate of drug-likeness (QED) is 0.659. The molecule has 1 fully saturated rings. The SMILES string of the molecule is CN(C(=O)c1cc(N)ncc1[N+](=O)[O-])C1CCSC1. The third-order valence-electron chi connectivity index (χ3n) is 3.10. The summed E-state index contributed by atoms with van der Waals surface area (Å²) in [6, 6.07) is 1.38. The van der Waals surface area contributed by atoms with Gasteiger partial charge in [0, 0.05) is 18.8 Å². The van der Waals surface area contributed by atoms with Gasteiger partial charge in [-0.25, -0.2) is 4.98 Å². The topological polar surface area (TPSA) is 102 Å². The van der Waals surface area contributed by atoms with E-state index in [4.69, 9.17) is 5.73 Å². The number of nitrogens with two attached hydrogens (primary N) is 1. The van der Waals surface area contributed by atoms with E-state index in [-0.39, 0.29) is 29.0 Å². The number of nitro groups is 1. The molecule has 1 aliphatic rings. The Morgan fingerprint density at radius 2 is 2.42 bits per heavy atom. The molecular formula is C11H14N4O3S. The number of hydrogen-bond acceptors (Lipinski definition) is 6. The summed E-state index contributed by atoms with van der Waals surface area (Å²) < 4.78 is 0. The summed E-state index contributed by atoms with van der Waals surface area (Å²) in [5.74, 6) is 1.58. The fourth-order valence-corrected chi connectivity index (χ4v) is 3.23. The van der Waals surface area contributed by atoms with Crippen molar-refractivity contribution < 1.29 is 9.72 Å². The van der Waals surface area contributed by atoms with E-state index in [1.54, 1.807) is 23.7 Å². The monoisotopic (exact) mass is 282 g/mol. The number of carbonyl (C=O) groups is 1. The third kappa shape index (κ3) is 2.78. The largest absolute Gasteiger partial charge is 0.384 e. The van der Waals surface area contributed by atoms with Crippen molar-refractivity contribution in [3.8, 4) is 0 Å². The summed E-state index contributed by atoms with van der Waals surface area (Å²) in [7, 11) is 1.67. The first-order chi connectivity index (χ1) is 9.00. The van der Waals surface area contributed by atoms with Gasteiger partial charge >= 0.3 is 0 Å². The molecule has 1 atom stereocenters. The van der Waals surface area contributed by atoms with Crippen molar-refractivity contribution in [3.05, 3.63) is 27.9 Å². The first kappa shape index (κ1) is 13.6. The van der Waals surface area contributed by atoms with E-state index in [1.165, 1.54) is 6.07 Å². The number of amides is 1. The predicted molar refractivity (Wildman–Crippen MR) is 73.1 cm³/mol. The van der Waals surface area contributed by atoms with Crippen LogP contribution in [0.25, 0.3) is 0 Å². The average molecular weight is 282 g/mol. The Labute approximate surface area is 114 Å². The van der Waals surface area contributed by atoms with Gasteiger partial charge < -0.3 is 10.6 Å². The number of hydrogen-bond donors (Lipinski definition) is 1. The van der Waals surface area contributed by atoms with Crippen molar-refractivity contribution in [2.75, 3.05) is 24.3 Å². The molecule has 2 heterocycles. The van der Waals surface area contributed by atoms with E-state index < -0.39 is 4.92 Å². The maximum absolute atomic E-state index is 12.3. The van der Waals surface area contributed by atoms with Gasteiger partial charge in [0.2, 0.25) is 0 Å². The molecule has 2 N–H and O–H groups in total. The van der Waals surface area contributed by atoms with Gasteiger partial charge in [0.1, 0.15) is 17.6 Å². The van der Waals surface area contributed by atoms with Crippen LogP contribution in [-0.4, -0.2) is 45.3 Å². The number of nitrogen functional groups attached to an aromatic ring is 1. The second kappa shape index (κ2) is 5.43. The van der Waals surface area contributed by atoms with Crippen LogP contribution in [0.15, 0.2) is 12.3 Å². The van der Waals surface area contributed by atoms with Gasteiger partial charge in [-0.05, 0) is 18.2 Å². The predicted octanol–water partition coefficient (Wildman–Crippen LogP) is 1.15. The van der Waals surface area contributed by atoms with E-state index in [1.807, 2.05) is 0 Å². The molecule has 0 aliphatic carbocycles. The van der Waals surface area contributed by atoms with Gasteiger partial charge in [0.15, 0.2) is 0 Å². The maximum atomic E-state index is 12.3. The second-order valence-electron chi connectivity index (χ2n) is 4.32. The van der Waals surface area contributed by atoms with Gasteiger partial charge in [0.05, 0.1) is 4.92 Å². The summed E-state index contributed by atoms with van der Waals surface area (Å²) in [5, 5.41) is 10.9. The van der Waals surface area contributed by atoms with E-state index in [9.17, 15) is 14.9 Å². The van der Waals surface area contributed by atoms with Crippen molar-refractivity contribution >= 4 is 29.2 Å². The standard InChI is InChI=1S/C11H14N4O3S/c1-14(7-2-3-19-6-7)11(16)8-4-10(12)13-5-9(8)15(17)18/h4-5,7H,2-3,6H2,1H3,(H2,12,13). The average Bonchev–Trinajstić information content (AvgIpc) is 2.90. The molecule has 7 nitrogen and oxygen atoms in total. The maximum Gasteiger partial charge on any atom is 0.300 e. The highest BCUT2D eigenvalue weighted by Crippen LogP contribution is 2.25. The van der Waals surface area contributed by atoms with Crippen molar-refractivity contribution in [1.82, 2.24) is 9.88 Å². The zero-order valence-corrected chi connectivity index (χ0v) is 11.2. The van der Waals surface area contributed by atoms with Crippen molar-refractivity contribution in [1.29, 1.82) is 0 Å². The normalized spacial score (nSPS) is 18.3. The van der Waals surface area contributed by atoms with Crippen LogP contribution < -0.4 is 5.73 Å². The molecule has 0 bridgehead atoms. The molecule has 0 spiro atoms. The number of anilines is 1. The minimum atomic E-state index is -0.614. The lowest BCUT2D eigenvalue weighted by molar-refractivity contribution is -0.385. The fraction of sp³-hybridized carbons (Fsp3) is 0.455. The molecule has 8 heteroatoms. The Morgan fingerprint density at radius 1 is 1.68 bits per heavy atom. The first-order valence-electron chi connectivity index (χ1n) is 5.75. The van der Waals surface area contributed by atoms with Crippen molar-refractivity contribution in [3.63, 3.8) is 0 Å². The van der Waals surface area contributed by atoms with Gasteiger partial charge in [0.25, 0.3) is 11.6 Å². The van der Waals surface area contributed by atoms with E-state index >= 15 is 0 Å². The molecule has 1 aliphatic heterocycles. The van der Waals surface area contributed by atoms with Gasteiger partial charge in [-0.3, -0.25) is 14.9 Å². The smallest absolute Gasteiger partial charge is 0.300 e. The Balaban J connectivity index is 2.31. The zero-order chi connectivity index (χ0) is 14.0. The van der Waals surface area contributed by atoms with Crippen LogP contribution in [0.2, 0.25) is 0 Å². The number of thioether (sulfide) groups is 1. The molecule has 0 saturated carbocycles. The summed E-state index contributed by atoms with van der Waals surface area (Å²) in [6.07, 6.45) is 1.93. The molecule has 0 radical (unpaired) electrons. The molecule has 0 aromatic carbocycles. The lowest BCUT2D eigenvalue weighted by atomic mass is 10.1. The Bertz CT molecular complexity index is 517. The summed E-state index contributed by atoms with van der Waals surface area (Å²) in [6.45, 7) is 0. The molecule has 1 aromatic rings. The molecule has 1 aromatic heterocycles. The van der Waals surface area contributed by atoms with E-state index in [0.29, 0.717) is 0 Å². The molecule has 1 saturated heterocycles. The van der Waals surface area contributed by atoms with Crippen molar-refractivity contribution in [2.45, 2.75) is 12.5 Å². The van der Waals surface area contributed by atoms with Crippen LogP contribution in [0.4, 0.5) is 11.5 Å². The highest BCUT2D eigenvalue weighted by molar-refractivity contribution is 7.99. The first-order valence-corrected chi connectivity index (χ1v) is 6.91. The minimum absolute atomic E-state index is 0.00287. The highest BCUT2D eigenvalue weighted by atomic mass is 32.2. The van der Waals surface area contributed by atoms with Crippen LogP contribution in [0, 0.1) is 10.1 Å². The third-order valence-corrected chi connectivity index (χ3v) is 4.25. The minimum Gasteiger partial charge on any atom is -0.384 e. The lowest BCUT2D eigenvalue weighted by Gasteiger charge is -2.23. The van der Waals surface area contributed by atoms with Crippen LogP contribution in [0.1, 0.15) is 16.8 Å². The molecule has 2 rings (SSSR count). The molecule has 1 unspecified atom stereocenters. The van der Waals surface area contributed by atoms with Crippen LogP contribution in [0.5, 0.6) is 0 Å². The number of aromatic nitrogens is 1. The van der Waals surface area contributed by atoms with Gasteiger partial charge in [-0.15, -0.1) is 0 Å². The molecular weight excluding hydrogens is 268 g/mol. The van der Waals surface area contributed by atoms with Gasteiger partial charge in [-0.2, -0.15) is 11.8 Å². The second-order valence-corrected chi connectivity index (χ2v) is 5.47. The molecule has 102 valence electrons. The van der Waals surface area contributed by atoms with Crippen LogP contribution >= 0.6 is 11.8 Å². The number of carbonyl (C=O) groups excluding carboxylic acids is 1.